The molecule has 3 aromatic heterocycles. The lowest BCUT2D eigenvalue weighted by Crippen LogP contribution is -2.07. The number of carbonyl (C=O) groups is 1. The van der Waals surface area contributed by atoms with Crippen molar-refractivity contribution in [2.45, 2.75) is 6.10 Å². The van der Waals surface area contributed by atoms with Crippen molar-refractivity contribution in [3.63, 3.8) is 0 Å². The molecule has 5 aromatic rings. The van der Waals surface area contributed by atoms with E-state index in [-0.39, 0.29) is 0 Å². The number of hydrogen-bond donors (Lipinski definition) is 3. The highest BCUT2D eigenvalue weighted by atomic mass is 32.1. The number of benzene rings is 2. The van der Waals surface area contributed by atoms with Gasteiger partial charge < -0.3 is 10.2 Å². The van der Waals surface area contributed by atoms with Gasteiger partial charge in [-0.15, -0.1) is 16.4 Å². The zero-order valence-electron chi connectivity index (χ0n) is 16.0. The van der Waals surface area contributed by atoms with Crippen molar-refractivity contribution in [3.8, 4) is 16.1 Å². The van der Waals surface area contributed by atoms with Gasteiger partial charge in [0.1, 0.15) is 23.0 Å². The third-order valence-electron chi connectivity index (χ3n) is 4.77. The van der Waals surface area contributed by atoms with E-state index >= 15 is 0 Å². The van der Waals surface area contributed by atoms with Crippen molar-refractivity contribution in [1.82, 2.24) is 24.4 Å². The number of rotatable bonds is 5. The predicted molar refractivity (Wildman–Crippen MR) is 116 cm³/mol. The first-order valence-electron chi connectivity index (χ1n) is 9.31. The van der Waals surface area contributed by atoms with E-state index < -0.39 is 12.2 Å². The minimum atomic E-state index is -1.13. The van der Waals surface area contributed by atoms with Gasteiger partial charge in [-0.1, -0.05) is 35.5 Å². The second-order valence-electron chi connectivity index (χ2n) is 6.75. The molecule has 2 aromatic carbocycles. The van der Waals surface area contributed by atoms with E-state index in [1.165, 1.54) is 4.68 Å². The molecule has 0 fully saturated rings. The lowest BCUT2D eigenvalue weighted by molar-refractivity contribution is 0.209. The summed E-state index contributed by atoms with van der Waals surface area (Å²) in [5.41, 5.74) is 3.20. The average molecular weight is 432 g/mol. The number of aliphatic hydroxyl groups excluding tert-OH is 1. The molecule has 3 heterocycles. The van der Waals surface area contributed by atoms with Crippen LogP contribution in [0.2, 0.25) is 0 Å². The number of aliphatic hydroxyl groups is 1. The topological polar surface area (TPSA) is 118 Å². The first-order valence-corrected chi connectivity index (χ1v) is 10.1. The normalized spacial score (nSPS) is 12.2. The van der Waals surface area contributed by atoms with Crippen molar-refractivity contribution >= 4 is 27.9 Å². The summed E-state index contributed by atoms with van der Waals surface area (Å²) < 4.78 is 3.39. The minimum Gasteiger partial charge on any atom is -0.465 e. The maximum absolute atomic E-state index is 11.2. The predicted octanol–water partition coefficient (Wildman–Crippen LogP) is 3.82. The molecule has 0 saturated carbocycles. The first kappa shape index (κ1) is 19.0. The number of carboxylic acid groups (broad SMARTS) is 1. The van der Waals surface area contributed by atoms with Crippen LogP contribution in [0.5, 0.6) is 0 Å². The van der Waals surface area contributed by atoms with Crippen LogP contribution < -0.4 is 5.32 Å². The van der Waals surface area contributed by atoms with E-state index in [1.807, 2.05) is 34.7 Å². The molecule has 10 heteroatoms. The van der Waals surface area contributed by atoms with Crippen LogP contribution in [0.1, 0.15) is 17.5 Å². The first-order chi connectivity index (χ1) is 15.1. The third kappa shape index (κ3) is 3.54. The Hall–Kier alpha value is -4.02. The highest BCUT2D eigenvalue weighted by Crippen LogP contribution is 2.38. The van der Waals surface area contributed by atoms with Crippen LogP contribution in [0.3, 0.4) is 0 Å². The molecule has 154 valence electrons. The second-order valence-corrected chi connectivity index (χ2v) is 7.78. The van der Waals surface area contributed by atoms with Gasteiger partial charge in [0.05, 0.1) is 28.7 Å². The highest BCUT2D eigenvalue weighted by molar-refractivity contribution is 7.20. The lowest BCUT2D eigenvalue weighted by atomic mass is 10.1. The molecule has 1 atom stereocenters. The number of hydrogen-bond acceptors (Lipinski definition) is 6. The molecule has 0 spiro atoms. The molecule has 0 bridgehead atoms. The molecular formula is C21H16N6O3S. The summed E-state index contributed by atoms with van der Waals surface area (Å²) in [6.07, 6.45) is 2.95. The standard InChI is InChI=1S/C21H16N6O3S/c28-19(16-11-27(25-24-16)15-8-6-14(7-9-15)23-21(29)30)18-20(13-4-2-1-3-5-13)31-17-10-22-12-26(17)18/h1-12,19,23,28H,(H,29,30). The number of fused-ring (bicyclic) bond motifs is 1. The number of thiazole rings is 1. The summed E-state index contributed by atoms with van der Waals surface area (Å²) in [6, 6.07) is 16.5. The van der Waals surface area contributed by atoms with E-state index in [0.29, 0.717) is 22.8 Å². The number of anilines is 1. The van der Waals surface area contributed by atoms with Crippen LogP contribution in [0.25, 0.3) is 21.0 Å². The van der Waals surface area contributed by atoms with Crippen LogP contribution >= 0.6 is 11.3 Å². The smallest absolute Gasteiger partial charge is 0.409 e. The SMILES string of the molecule is O=C(O)Nc1ccc(-n2cc(C(O)c3c(-c4ccccc4)sc4cncn34)nn2)cc1. The van der Waals surface area contributed by atoms with Gasteiger partial charge in [0, 0.05) is 5.69 Å². The van der Waals surface area contributed by atoms with E-state index in [9.17, 15) is 9.90 Å². The summed E-state index contributed by atoms with van der Waals surface area (Å²) in [7, 11) is 0. The molecule has 0 aliphatic rings. The number of nitrogens with one attached hydrogen (secondary N) is 1. The number of aromatic nitrogens is 5. The Bertz CT molecular complexity index is 1360. The summed E-state index contributed by atoms with van der Waals surface area (Å²) in [4.78, 5) is 16.8. The van der Waals surface area contributed by atoms with Crippen molar-refractivity contribution < 1.29 is 15.0 Å². The second kappa shape index (κ2) is 7.67. The molecule has 5 rings (SSSR count). The molecular weight excluding hydrogens is 416 g/mol. The van der Waals surface area contributed by atoms with Crippen LogP contribution in [-0.4, -0.2) is 40.7 Å². The van der Waals surface area contributed by atoms with Crippen LogP contribution in [0.15, 0.2) is 73.3 Å². The van der Waals surface area contributed by atoms with Gasteiger partial charge in [0.15, 0.2) is 0 Å². The Morgan fingerprint density at radius 2 is 1.87 bits per heavy atom. The molecule has 1 unspecified atom stereocenters. The van der Waals surface area contributed by atoms with Gasteiger partial charge in [0.2, 0.25) is 0 Å². The Balaban J connectivity index is 1.50. The fourth-order valence-electron chi connectivity index (χ4n) is 3.35. The van der Waals surface area contributed by atoms with E-state index in [1.54, 1.807) is 54.3 Å². The van der Waals surface area contributed by atoms with E-state index in [4.69, 9.17) is 5.11 Å². The molecule has 3 N–H and O–H groups in total. The van der Waals surface area contributed by atoms with Gasteiger partial charge in [-0.25, -0.2) is 14.5 Å². The molecule has 9 nitrogen and oxygen atoms in total. The molecule has 0 radical (unpaired) electrons. The molecule has 0 aliphatic carbocycles. The summed E-state index contributed by atoms with van der Waals surface area (Å²) in [6.45, 7) is 0. The molecule has 0 aliphatic heterocycles. The molecule has 0 saturated heterocycles. The van der Waals surface area contributed by atoms with E-state index in [0.717, 1.165) is 15.3 Å². The van der Waals surface area contributed by atoms with Crippen LogP contribution in [-0.2, 0) is 0 Å². The summed E-state index contributed by atoms with van der Waals surface area (Å²) >= 11 is 1.55. The fraction of sp³-hybridized carbons (Fsp3) is 0.0476. The van der Waals surface area contributed by atoms with Gasteiger partial charge in [-0.05, 0) is 29.8 Å². The number of nitrogens with zero attached hydrogens (tertiary/aromatic N) is 5. The Labute approximate surface area is 179 Å². The fourth-order valence-corrected chi connectivity index (χ4v) is 4.48. The maximum Gasteiger partial charge on any atom is 0.409 e. The van der Waals surface area contributed by atoms with Gasteiger partial charge in [0.25, 0.3) is 0 Å². The Morgan fingerprint density at radius 1 is 1.10 bits per heavy atom. The van der Waals surface area contributed by atoms with Crippen molar-refractivity contribution in [3.05, 3.63) is 84.7 Å². The Morgan fingerprint density at radius 3 is 2.61 bits per heavy atom. The molecule has 1 amide bonds. The monoisotopic (exact) mass is 432 g/mol. The highest BCUT2D eigenvalue weighted by Gasteiger charge is 2.24. The van der Waals surface area contributed by atoms with Crippen LogP contribution in [0, 0.1) is 0 Å². The van der Waals surface area contributed by atoms with E-state index in [2.05, 4.69) is 20.6 Å². The third-order valence-corrected chi connectivity index (χ3v) is 5.93. The minimum absolute atomic E-state index is 0.387. The quantitative estimate of drug-likeness (QED) is 0.389. The summed E-state index contributed by atoms with van der Waals surface area (Å²) in [5, 5.41) is 30.6. The number of amides is 1. The van der Waals surface area contributed by atoms with Crippen molar-refractivity contribution in [1.29, 1.82) is 0 Å². The van der Waals surface area contributed by atoms with Crippen molar-refractivity contribution in [2.24, 2.45) is 0 Å². The molecule has 31 heavy (non-hydrogen) atoms. The van der Waals surface area contributed by atoms with Crippen LogP contribution in [0.4, 0.5) is 10.5 Å². The van der Waals surface area contributed by atoms with Gasteiger partial charge in [-0.3, -0.25) is 9.72 Å². The average Bonchev–Trinajstić information content (AvgIpc) is 3.50. The largest absolute Gasteiger partial charge is 0.465 e. The van der Waals surface area contributed by atoms with Crippen molar-refractivity contribution in [2.75, 3.05) is 5.32 Å². The lowest BCUT2D eigenvalue weighted by Gasteiger charge is -2.10. The van der Waals surface area contributed by atoms with Gasteiger partial charge >= 0.3 is 6.09 Å². The summed E-state index contributed by atoms with van der Waals surface area (Å²) in [5.74, 6) is 0. The number of imidazole rings is 1. The Kier molecular flexibility index (Phi) is 4.69. The zero-order chi connectivity index (χ0) is 21.4. The van der Waals surface area contributed by atoms with Gasteiger partial charge in [-0.2, -0.15) is 0 Å². The maximum atomic E-state index is 11.2. The zero-order valence-corrected chi connectivity index (χ0v) is 16.8.